The Kier molecular flexibility index (Phi) is 5.07. The molecule has 0 bridgehead atoms. The van der Waals surface area contributed by atoms with E-state index in [1.807, 2.05) is 25.7 Å². The second-order valence-corrected chi connectivity index (χ2v) is 9.14. The molecule has 5 nitrogen and oxygen atoms in total. The van der Waals surface area contributed by atoms with Crippen molar-refractivity contribution in [2.75, 3.05) is 13.1 Å². The molecule has 0 radical (unpaired) electrons. The van der Waals surface area contributed by atoms with Gasteiger partial charge in [-0.05, 0) is 36.2 Å². The summed E-state index contributed by atoms with van der Waals surface area (Å²) in [5.74, 6) is -0.0307. The topological polar surface area (TPSA) is 66.2 Å². The lowest BCUT2D eigenvalue weighted by molar-refractivity contribution is -0.141. The van der Waals surface area contributed by atoms with Crippen LogP contribution < -0.4 is 4.74 Å². The summed E-state index contributed by atoms with van der Waals surface area (Å²) in [4.78, 5) is 17.8. The molecule has 1 saturated carbocycles. The summed E-state index contributed by atoms with van der Waals surface area (Å²) in [7, 11) is 0. The summed E-state index contributed by atoms with van der Waals surface area (Å²) >= 11 is 0. The van der Waals surface area contributed by atoms with Gasteiger partial charge in [-0.2, -0.15) is 18.4 Å². The molecular formula is C20H24F3N3O2. The van der Waals surface area contributed by atoms with E-state index >= 15 is 0 Å². The van der Waals surface area contributed by atoms with E-state index in [-0.39, 0.29) is 34.3 Å². The summed E-state index contributed by atoms with van der Waals surface area (Å²) < 4.78 is 44.4. The van der Waals surface area contributed by atoms with Crippen molar-refractivity contribution < 1.29 is 22.7 Å². The Bertz CT molecular complexity index is 802. The third-order valence-corrected chi connectivity index (χ3v) is 5.30. The minimum Gasteiger partial charge on any atom is -0.474 e. The van der Waals surface area contributed by atoms with Gasteiger partial charge in [-0.15, -0.1) is 0 Å². The first kappa shape index (κ1) is 20.4. The van der Waals surface area contributed by atoms with E-state index in [4.69, 9.17) is 10.00 Å². The average molecular weight is 395 g/mol. The van der Waals surface area contributed by atoms with Crippen molar-refractivity contribution >= 4 is 5.91 Å². The Labute approximate surface area is 162 Å². The highest BCUT2D eigenvalue weighted by atomic mass is 19.4. The van der Waals surface area contributed by atoms with Gasteiger partial charge in [0.15, 0.2) is 0 Å². The van der Waals surface area contributed by atoms with Gasteiger partial charge in [-0.1, -0.05) is 20.8 Å². The lowest BCUT2D eigenvalue weighted by Gasteiger charge is -2.44. The molecule has 2 fully saturated rings. The lowest BCUT2D eigenvalue weighted by Crippen LogP contribution is -2.46. The molecule has 3 rings (SSSR count). The summed E-state index contributed by atoms with van der Waals surface area (Å²) in [6.45, 7) is 7.47. The number of carbonyl (C=O) groups is 1. The van der Waals surface area contributed by atoms with E-state index in [2.05, 4.69) is 4.98 Å². The van der Waals surface area contributed by atoms with Gasteiger partial charge in [-0.25, -0.2) is 4.98 Å². The average Bonchev–Trinajstić information content (AvgIpc) is 2.97. The molecule has 2 heterocycles. The van der Waals surface area contributed by atoms with E-state index < -0.39 is 11.9 Å². The number of nitrogens with zero attached hydrogens (tertiary/aromatic N) is 3. The van der Waals surface area contributed by atoms with Crippen LogP contribution in [-0.4, -0.2) is 35.0 Å². The van der Waals surface area contributed by atoms with Crippen molar-refractivity contribution in [3.05, 3.63) is 23.4 Å². The minimum atomic E-state index is -4.63. The van der Waals surface area contributed by atoms with Crippen molar-refractivity contribution in [3.8, 4) is 11.9 Å². The minimum absolute atomic E-state index is 0.0160. The van der Waals surface area contributed by atoms with Crippen LogP contribution in [0.3, 0.4) is 0 Å². The zero-order chi connectivity index (χ0) is 20.7. The molecule has 1 amide bonds. The number of alkyl halides is 3. The maximum atomic E-state index is 12.9. The molecule has 1 saturated heterocycles. The van der Waals surface area contributed by atoms with Crippen LogP contribution >= 0.6 is 0 Å². The van der Waals surface area contributed by atoms with Crippen LogP contribution in [0.1, 0.15) is 57.7 Å². The normalized spacial score (nSPS) is 24.8. The number of rotatable bonds is 3. The number of ether oxygens (including phenoxy) is 1. The van der Waals surface area contributed by atoms with Crippen molar-refractivity contribution in [2.45, 2.75) is 58.7 Å². The molecule has 0 N–H and O–H groups in total. The van der Waals surface area contributed by atoms with Crippen LogP contribution in [0.4, 0.5) is 13.2 Å². The van der Waals surface area contributed by atoms with Crippen molar-refractivity contribution in [3.63, 3.8) is 0 Å². The number of aromatic nitrogens is 1. The van der Waals surface area contributed by atoms with Crippen LogP contribution in [0.5, 0.6) is 5.88 Å². The van der Waals surface area contributed by atoms with E-state index in [0.717, 1.165) is 6.42 Å². The van der Waals surface area contributed by atoms with Crippen molar-refractivity contribution in [1.82, 2.24) is 9.88 Å². The standard InChI is InChI=1S/C20H24F3N3O2/c1-18(2,3)10-17(27)26-5-4-19(12-26)8-14(9-19)28-16-7-13(11-24)6-15(25-16)20(21,22)23/h6-7,14H,4-5,8-10,12H2,1-3H3. The highest BCUT2D eigenvalue weighted by Gasteiger charge is 2.50. The van der Waals surface area contributed by atoms with Gasteiger partial charge in [0, 0.05) is 25.6 Å². The molecule has 1 aliphatic carbocycles. The number of hydrogen-bond acceptors (Lipinski definition) is 4. The predicted octanol–water partition coefficient (Wildman–Crippen LogP) is 4.17. The third kappa shape index (κ3) is 4.57. The fourth-order valence-corrected chi connectivity index (χ4v) is 3.98. The van der Waals surface area contributed by atoms with E-state index in [0.29, 0.717) is 38.4 Å². The Hall–Kier alpha value is -2.30. The quantitative estimate of drug-likeness (QED) is 0.771. The lowest BCUT2D eigenvalue weighted by atomic mass is 9.66. The zero-order valence-corrected chi connectivity index (χ0v) is 16.3. The number of amides is 1. The molecule has 28 heavy (non-hydrogen) atoms. The third-order valence-electron chi connectivity index (χ3n) is 5.30. The first-order chi connectivity index (χ1) is 12.9. The fourth-order valence-electron chi connectivity index (χ4n) is 3.98. The molecule has 1 aromatic heterocycles. The summed E-state index contributed by atoms with van der Waals surface area (Å²) in [5, 5.41) is 8.95. The van der Waals surface area contributed by atoms with Gasteiger partial charge < -0.3 is 9.64 Å². The molecule has 1 aliphatic heterocycles. The predicted molar refractivity (Wildman–Crippen MR) is 95.3 cm³/mol. The van der Waals surface area contributed by atoms with E-state index in [9.17, 15) is 18.0 Å². The van der Waals surface area contributed by atoms with Gasteiger partial charge in [0.2, 0.25) is 11.8 Å². The Morgan fingerprint density at radius 2 is 2.04 bits per heavy atom. The highest BCUT2D eigenvalue weighted by molar-refractivity contribution is 5.77. The zero-order valence-electron chi connectivity index (χ0n) is 16.3. The number of pyridine rings is 1. The Morgan fingerprint density at radius 1 is 1.36 bits per heavy atom. The van der Waals surface area contributed by atoms with Gasteiger partial charge in [0.05, 0.1) is 11.6 Å². The second-order valence-electron chi connectivity index (χ2n) is 9.14. The molecular weight excluding hydrogens is 371 g/mol. The molecule has 1 spiro atoms. The van der Waals surface area contributed by atoms with Gasteiger partial charge in [0.25, 0.3) is 0 Å². The van der Waals surface area contributed by atoms with Crippen LogP contribution in [0, 0.1) is 22.2 Å². The Morgan fingerprint density at radius 3 is 2.61 bits per heavy atom. The van der Waals surface area contributed by atoms with Crippen LogP contribution in [0.15, 0.2) is 12.1 Å². The van der Waals surface area contributed by atoms with Gasteiger partial charge >= 0.3 is 6.18 Å². The van der Waals surface area contributed by atoms with Crippen LogP contribution in [0.25, 0.3) is 0 Å². The van der Waals surface area contributed by atoms with Crippen LogP contribution in [-0.2, 0) is 11.0 Å². The van der Waals surface area contributed by atoms with Crippen molar-refractivity contribution in [2.24, 2.45) is 10.8 Å². The SMILES string of the molecule is CC(C)(C)CC(=O)N1CCC2(CC(Oc3cc(C#N)cc(C(F)(F)F)n3)C2)C1. The maximum Gasteiger partial charge on any atom is 0.433 e. The summed E-state index contributed by atoms with van der Waals surface area (Å²) in [6, 6.07) is 3.65. The number of carbonyl (C=O) groups excluding carboxylic acids is 1. The Balaban J connectivity index is 1.59. The van der Waals surface area contributed by atoms with E-state index in [1.165, 1.54) is 6.07 Å². The molecule has 1 aromatic rings. The smallest absolute Gasteiger partial charge is 0.433 e. The first-order valence-corrected chi connectivity index (χ1v) is 9.33. The van der Waals surface area contributed by atoms with E-state index in [1.54, 1.807) is 6.07 Å². The fraction of sp³-hybridized carbons (Fsp3) is 0.650. The molecule has 0 unspecified atom stereocenters. The number of halogens is 3. The largest absolute Gasteiger partial charge is 0.474 e. The molecule has 2 aliphatic rings. The molecule has 0 atom stereocenters. The summed E-state index contributed by atoms with van der Waals surface area (Å²) in [5.41, 5.74) is -1.34. The number of likely N-dealkylation sites (tertiary alicyclic amines) is 1. The summed E-state index contributed by atoms with van der Waals surface area (Å²) in [6.07, 6.45) is -2.17. The maximum absolute atomic E-state index is 12.9. The first-order valence-electron chi connectivity index (χ1n) is 9.33. The number of hydrogen-bond donors (Lipinski definition) is 0. The van der Waals surface area contributed by atoms with Crippen molar-refractivity contribution in [1.29, 1.82) is 5.26 Å². The van der Waals surface area contributed by atoms with Crippen LogP contribution in [0.2, 0.25) is 0 Å². The second kappa shape index (κ2) is 6.94. The van der Waals surface area contributed by atoms with Gasteiger partial charge in [0.1, 0.15) is 11.8 Å². The van der Waals surface area contributed by atoms with Gasteiger partial charge in [-0.3, -0.25) is 4.79 Å². The molecule has 152 valence electrons. The molecule has 0 aromatic carbocycles. The molecule has 8 heteroatoms. The monoisotopic (exact) mass is 395 g/mol. The highest BCUT2D eigenvalue weighted by Crippen LogP contribution is 2.49. The number of nitriles is 1.